The van der Waals surface area contributed by atoms with Gasteiger partial charge in [-0.05, 0) is 43.7 Å². The first-order valence-electron chi connectivity index (χ1n) is 8.61. The van der Waals surface area contributed by atoms with E-state index in [1.807, 2.05) is 18.2 Å². The smallest absolute Gasteiger partial charge is 0.236 e. The summed E-state index contributed by atoms with van der Waals surface area (Å²) < 4.78 is 0. The van der Waals surface area contributed by atoms with Crippen LogP contribution in [0.25, 0.3) is 0 Å². The number of rotatable bonds is 2. The zero-order chi connectivity index (χ0) is 16.0. The van der Waals surface area contributed by atoms with Crippen LogP contribution in [0.4, 0.5) is 5.69 Å². The minimum absolute atomic E-state index is 0.165. The molecule has 1 aromatic rings. The van der Waals surface area contributed by atoms with Crippen molar-refractivity contribution in [3.63, 3.8) is 0 Å². The van der Waals surface area contributed by atoms with Crippen LogP contribution in [-0.4, -0.2) is 41.7 Å². The van der Waals surface area contributed by atoms with Gasteiger partial charge in [-0.25, -0.2) is 0 Å². The van der Waals surface area contributed by atoms with Crippen molar-refractivity contribution >= 4 is 11.6 Å². The molecule has 4 heteroatoms. The molecule has 122 valence electrons. The number of carbonyl (C=O) groups excluding carboxylic acids is 1. The molecule has 3 aliphatic heterocycles. The number of hydrogen-bond donors (Lipinski definition) is 2. The number of piperidine rings is 1. The van der Waals surface area contributed by atoms with E-state index >= 15 is 0 Å². The fourth-order valence-corrected chi connectivity index (χ4v) is 4.98. The van der Waals surface area contributed by atoms with Gasteiger partial charge < -0.3 is 10.4 Å². The molecule has 4 rings (SSSR count). The van der Waals surface area contributed by atoms with Crippen LogP contribution in [-0.2, 0) is 10.2 Å². The fourth-order valence-electron chi connectivity index (χ4n) is 4.98. The Labute approximate surface area is 137 Å². The van der Waals surface area contributed by atoms with Crippen LogP contribution >= 0.6 is 0 Å². The lowest BCUT2D eigenvalue weighted by Crippen LogP contribution is -2.51. The molecule has 0 radical (unpaired) electrons. The summed E-state index contributed by atoms with van der Waals surface area (Å²) in [6.45, 7) is 4.20. The Morgan fingerprint density at radius 2 is 2.26 bits per heavy atom. The number of aliphatic hydroxyl groups is 1. The number of fused-ring (bicyclic) bond motifs is 4. The van der Waals surface area contributed by atoms with Crippen molar-refractivity contribution in [3.8, 4) is 0 Å². The average molecular weight is 312 g/mol. The normalized spacial score (nSPS) is 34.7. The molecule has 0 saturated carbocycles. The van der Waals surface area contributed by atoms with Crippen LogP contribution in [0, 0.1) is 5.92 Å². The van der Waals surface area contributed by atoms with Crippen molar-refractivity contribution in [1.82, 2.24) is 4.90 Å². The Bertz CT molecular complexity index is 669. The van der Waals surface area contributed by atoms with Crippen LogP contribution in [0.3, 0.4) is 0 Å². The zero-order valence-corrected chi connectivity index (χ0v) is 13.6. The zero-order valence-electron chi connectivity index (χ0n) is 13.6. The lowest BCUT2D eigenvalue weighted by Gasteiger charge is -2.42. The molecule has 0 aliphatic carbocycles. The van der Waals surface area contributed by atoms with Crippen molar-refractivity contribution < 1.29 is 9.90 Å². The highest BCUT2D eigenvalue weighted by Gasteiger charge is 2.58. The van der Waals surface area contributed by atoms with Crippen molar-refractivity contribution in [3.05, 3.63) is 41.5 Å². The third-order valence-electron chi connectivity index (χ3n) is 6.13. The maximum atomic E-state index is 12.9. The molecular formula is C19H24N2O2. The number of carbonyl (C=O) groups is 1. The SMILES string of the molecule is C/C=C1/CN2CC[C@]3(C(=O)Nc4ccccc43)[C@@H]2C[C@@H]1CCO. The van der Waals surface area contributed by atoms with E-state index in [2.05, 4.69) is 29.3 Å². The van der Waals surface area contributed by atoms with Gasteiger partial charge in [0.15, 0.2) is 0 Å². The topological polar surface area (TPSA) is 52.6 Å². The predicted octanol–water partition coefficient (Wildman–Crippen LogP) is 2.30. The Balaban J connectivity index is 1.74. The van der Waals surface area contributed by atoms with Gasteiger partial charge in [0.05, 0.1) is 5.41 Å². The van der Waals surface area contributed by atoms with Gasteiger partial charge in [0.2, 0.25) is 5.91 Å². The Hall–Kier alpha value is -1.65. The summed E-state index contributed by atoms with van der Waals surface area (Å²) in [6.07, 6.45) is 4.85. The number of anilines is 1. The molecule has 3 heterocycles. The summed E-state index contributed by atoms with van der Waals surface area (Å²) >= 11 is 0. The highest BCUT2D eigenvalue weighted by atomic mass is 16.3. The van der Waals surface area contributed by atoms with E-state index in [9.17, 15) is 9.90 Å². The molecule has 4 nitrogen and oxygen atoms in total. The molecule has 1 aromatic carbocycles. The Morgan fingerprint density at radius 1 is 1.43 bits per heavy atom. The monoisotopic (exact) mass is 312 g/mol. The second-order valence-corrected chi connectivity index (χ2v) is 7.02. The number of nitrogens with zero attached hydrogens (tertiary/aromatic N) is 1. The van der Waals surface area contributed by atoms with Gasteiger partial charge in [0, 0.05) is 31.4 Å². The molecule has 0 bridgehead atoms. The molecule has 3 atom stereocenters. The molecular weight excluding hydrogens is 288 g/mol. The molecule has 3 aliphatic rings. The lowest BCUT2D eigenvalue weighted by atomic mass is 9.70. The van der Waals surface area contributed by atoms with Gasteiger partial charge in [-0.15, -0.1) is 0 Å². The molecule has 0 aromatic heterocycles. The molecule has 2 fully saturated rings. The van der Waals surface area contributed by atoms with Gasteiger partial charge in [0.25, 0.3) is 0 Å². The number of benzene rings is 1. The number of hydrogen-bond acceptors (Lipinski definition) is 3. The Kier molecular flexibility index (Phi) is 3.54. The molecule has 1 spiro atoms. The third-order valence-corrected chi connectivity index (χ3v) is 6.13. The maximum absolute atomic E-state index is 12.9. The highest BCUT2D eigenvalue weighted by Crippen LogP contribution is 2.52. The number of para-hydroxylation sites is 1. The molecule has 2 saturated heterocycles. The number of aliphatic hydroxyl groups excluding tert-OH is 1. The second kappa shape index (κ2) is 5.46. The van der Waals surface area contributed by atoms with E-state index in [1.54, 1.807) is 0 Å². The average Bonchev–Trinajstić information content (AvgIpc) is 3.07. The van der Waals surface area contributed by atoms with Crippen molar-refractivity contribution in [2.24, 2.45) is 5.92 Å². The summed E-state index contributed by atoms with van der Waals surface area (Å²) in [5.41, 5.74) is 3.17. The first-order valence-corrected chi connectivity index (χ1v) is 8.61. The van der Waals surface area contributed by atoms with E-state index in [-0.39, 0.29) is 18.6 Å². The van der Waals surface area contributed by atoms with Gasteiger partial charge in [-0.2, -0.15) is 0 Å². The standard InChI is InChI=1S/C19H24N2O2/c1-2-13-12-21-9-8-19(17(21)11-14(13)7-10-22)15-5-3-4-6-16(15)20-18(19)23/h2-6,14,17,22H,7-12H2,1H3,(H,20,23)/b13-2-/t14-,17-,19+/m0/s1. The van der Waals surface area contributed by atoms with Crippen molar-refractivity contribution in [1.29, 1.82) is 0 Å². The molecule has 0 unspecified atom stereocenters. The quantitative estimate of drug-likeness (QED) is 0.824. The van der Waals surface area contributed by atoms with Crippen LogP contribution in [0.15, 0.2) is 35.9 Å². The number of nitrogens with one attached hydrogen (secondary N) is 1. The first-order chi connectivity index (χ1) is 11.2. The largest absolute Gasteiger partial charge is 0.396 e. The van der Waals surface area contributed by atoms with E-state index in [4.69, 9.17) is 0 Å². The van der Waals surface area contributed by atoms with E-state index < -0.39 is 5.41 Å². The summed E-state index contributed by atoms with van der Waals surface area (Å²) in [7, 11) is 0. The summed E-state index contributed by atoms with van der Waals surface area (Å²) in [6, 6.07) is 8.39. The van der Waals surface area contributed by atoms with Crippen LogP contribution in [0.2, 0.25) is 0 Å². The summed E-state index contributed by atoms with van der Waals surface area (Å²) in [5.74, 6) is 0.555. The van der Waals surface area contributed by atoms with Crippen molar-refractivity contribution in [2.45, 2.75) is 37.6 Å². The fraction of sp³-hybridized carbons (Fsp3) is 0.526. The maximum Gasteiger partial charge on any atom is 0.236 e. The molecule has 2 N–H and O–H groups in total. The van der Waals surface area contributed by atoms with E-state index in [0.29, 0.717) is 5.92 Å². The van der Waals surface area contributed by atoms with Gasteiger partial charge in [-0.1, -0.05) is 29.8 Å². The van der Waals surface area contributed by atoms with Crippen LogP contribution in [0.5, 0.6) is 0 Å². The molecule has 1 amide bonds. The predicted molar refractivity (Wildman–Crippen MR) is 90.3 cm³/mol. The second-order valence-electron chi connectivity index (χ2n) is 7.02. The van der Waals surface area contributed by atoms with Crippen LogP contribution < -0.4 is 5.32 Å². The minimum Gasteiger partial charge on any atom is -0.396 e. The summed E-state index contributed by atoms with van der Waals surface area (Å²) in [4.78, 5) is 15.4. The summed E-state index contributed by atoms with van der Waals surface area (Å²) in [5, 5.41) is 12.5. The third kappa shape index (κ3) is 2.01. The number of amides is 1. The van der Waals surface area contributed by atoms with Gasteiger partial charge in [0.1, 0.15) is 0 Å². The lowest BCUT2D eigenvalue weighted by molar-refractivity contribution is -0.122. The molecule has 23 heavy (non-hydrogen) atoms. The van der Waals surface area contributed by atoms with Crippen molar-refractivity contribution in [2.75, 3.05) is 25.0 Å². The van der Waals surface area contributed by atoms with Gasteiger partial charge >= 0.3 is 0 Å². The van der Waals surface area contributed by atoms with E-state index in [0.717, 1.165) is 38.0 Å². The number of allylic oxidation sites excluding steroid dienone is 1. The van der Waals surface area contributed by atoms with E-state index in [1.165, 1.54) is 11.1 Å². The minimum atomic E-state index is -0.399. The van der Waals surface area contributed by atoms with Crippen LogP contribution in [0.1, 0.15) is 31.7 Å². The first kappa shape index (κ1) is 14.9. The Morgan fingerprint density at radius 3 is 3.04 bits per heavy atom. The van der Waals surface area contributed by atoms with Gasteiger partial charge in [-0.3, -0.25) is 9.69 Å². The highest BCUT2D eigenvalue weighted by molar-refractivity contribution is 6.07.